The summed E-state index contributed by atoms with van der Waals surface area (Å²) < 4.78 is 5.34. The van der Waals surface area contributed by atoms with E-state index in [9.17, 15) is 4.79 Å². The Morgan fingerprint density at radius 2 is 1.88 bits per heavy atom. The van der Waals surface area contributed by atoms with Gasteiger partial charge in [-0.2, -0.15) is 0 Å². The summed E-state index contributed by atoms with van der Waals surface area (Å²) in [6.45, 7) is 10.1. The van der Waals surface area contributed by atoms with Gasteiger partial charge in [-0.25, -0.2) is 4.79 Å². The Kier molecular flexibility index (Phi) is 4.11. The first kappa shape index (κ1) is 12.8. The summed E-state index contributed by atoms with van der Waals surface area (Å²) in [4.78, 5) is 11.6. The summed E-state index contributed by atoms with van der Waals surface area (Å²) in [5, 5.41) is 0. The Morgan fingerprint density at radius 3 is 2.44 bits per heavy atom. The SMILES string of the molecule is CC.Cc1cccc2c1C(=O)OC2C(C)C. The zero-order valence-corrected chi connectivity index (χ0v) is 10.7. The third-order valence-corrected chi connectivity index (χ3v) is 2.66. The Morgan fingerprint density at radius 1 is 1.25 bits per heavy atom. The highest BCUT2D eigenvalue weighted by molar-refractivity contribution is 5.95. The summed E-state index contributed by atoms with van der Waals surface area (Å²) in [5.74, 6) is 0.166. The van der Waals surface area contributed by atoms with Crippen molar-refractivity contribution in [3.63, 3.8) is 0 Å². The zero-order valence-electron chi connectivity index (χ0n) is 10.7. The van der Waals surface area contributed by atoms with E-state index < -0.39 is 0 Å². The molecular formula is C14H20O2. The van der Waals surface area contributed by atoms with Gasteiger partial charge < -0.3 is 4.74 Å². The number of carbonyl (C=O) groups excluding carboxylic acids is 1. The van der Waals surface area contributed by atoms with Crippen molar-refractivity contribution in [1.29, 1.82) is 0 Å². The standard InChI is InChI=1S/C12H14O2.C2H6/c1-7(2)11-9-6-4-5-8(3)10(9)12(13)14-11;1-2/h4-7,11H,1-3H3;1-2H3. The van der Waals surface area contributed by atoms with Crippen molar-refractivity contribution in [2.24, 2.45) is 5.92 Å². The molecule has 0 aliphatic carbocycles. The van der Waals surface area contributed by atoms with Crippen LogP contribution in [0.5, 0.6) is 0 Å². The molecule has 0 saturated carbocycles. The predicted octanol–water partition coefficient (Wildman–Crippen LogP) is 3.89. The highest BCUT2D eigenvalue weighted by Gasteiger charge is 2.33. The molecule has 0 saturated heterocycles. The van der Waals surface area contributed by atoms with Crippen molar-refractivity contribution in [3.05, 3.63) is 34.9 Å². The lowest BCUT2D eigenvalue weighted by atomic mass is 9.95. The average Bonchev–Trinajstić information content (AvgIpc) is 2.61. The minimum atomic E-state index is -0.170. The number of aryl methyl sites for hydroxylation is 1. The maximum Gasteiger partial charge on any atom is 0.339 e. The Hall–Kier alpha value is -1.31. The van der Waals surface area contributed by atoms with Crippen LogP contribution in [0.4, 0.5) is 0 Å². The average molecular weight is 220 g/mol. The maximum atomic E-state index is 11.6. The smallest absolute Gasteiger partial charge is 0.339 e. The van der Waals surface area contributed by atoms with Crippen molar-refractivity contribution in [2.75, 3.05) is 0 Å². The molecule has 1 aliphatic heterocycles. The van der Waals surface area contributed by atoms with E-state index in [0.717, 1.165) is 16.7 Å². The summed E-state index contributed by atoms with van der Waals surface area (Å²) in [5.41, 5.74) is 2.83. The maximum absolute atomic E-state index is 11.6. The first-order valence-corrected chi connectivity index (χ1v) is 5.91. The van der Waals surface area contributed by atoms with Gasteiger partial charge in [0, 0.05) is 5.56 Å². The second-order valence-corrected chi connectivity index (χ2v) is 4.11. The van der Waals surface area contributed by atoms with Crippen LogP contribution in [-0.4, -0.2) is 5.97 Å². The monoisotopic (exact) mass is 220 g/mol. The summed E-state index contributed by atoms with van der Waals surface area (Å²) in [6, 6.07) is 5.91. The van der Waals surface area contributed by atoms with Gasteiger partial charge in [0.25, 0.3) is 0 Å². The van der Waals surface area contributed by atoms with E-state index in [2.05, 4.69) is 13.8 Å². The molecule has 0 amide bonds. The molecule has 0 spiro atoms. The van der Waals surface area contributed by atoms with Crippen LogP contribution in [0, 0.1) is 12.8 Å². The number of ether oxygens (including phenoxy) is 1. The normalized spacial score (nSPS) is 17.6. The van der Waals surface area contributed by atoms with E-state index in [-0.39, 0.29) is 12.1 Å². The van der Waals surface area contributed by atoms with Crippen molar-refractivity contribution in [2.45, 2.75) is 40.7 Å². The van der Waals surface area contributed by atoms with Crippen LogP contribution < -0.4 is 0 Å². The molecule has 1 aliphatic rings. The minimum absolute atomic E-state index is 0.0580. The summed E-state index contributed by atoms with van der Waals surface area (Å²) >= 11 is 0. The Labute approximate surface area is 97.6 Å². The molecule has 1 aromatic carbocycles. The van der Waals surface area contributed by atoms with E-state index in [4.69, 9.17) is 4.74 Å². The largest absolute Gasteiger partial charge is 0.454 e. The number of benzene rings is 1. The first-order valence-electron chi connectivity index (χ1n) is 5.91. The lowest BCUT2D eigenvalue weighted by Crippen LogP contribution is -2.05. The Bertz CT molecular complexity index is 380. The van der Waals surface area contributed by atoms with E-state index in [0.29, 0.717) is 5.92 Å². The van der Waals surface area contributed by atoms with E-state index in [1.54, 1.807) is 0 Å². The van der Waals surface area contributed by atoms with Crippen molar-refractivity contribution in [1.82, 2.24) is 0 Å². The van der Waals surface area contributed by atoms with Crippen LogP contribution in [-0.2, 0) is 4.74 Å². The molecule has 2 nitrogen and oxygen atoms in total. The van der Waals surface area contributed by atoms with Gasteiger partial charge in [-0.3, -0.25) is 0 Å². The van der Waals surface area contributed by atoms with Gasteiger partial charge in [0.2, 0.25) is 0 Å². The molecule has 16 heavy (non-hydrogen) atoms. The van der Waals surface area contributed by atoms with E-state index in [1.165, 1.54) is 0 Å². The third kappa shape index (κ3) is 2.11. The molecule has 88 valence electrons. The van der Waals surface area contributed by atoms with Crippen LogP contribution in [0.15, 0.2) is 18.2 Å². The topological polar surface area (TPSA) is 26.3 Å². The number of hydrogen-bond acceptors (Lipinski definition) is 2. The fraction of sp³-hybridized carbons (Fsp3) is 0.500. The lowest BCUT2D eigenvalue weighted by molar-refractivity contribution is 0.0279. The van der Waals surface area contributed by atoms with Crippen LogP contribution in [0.2, 0.25) is 0 Å². The number of fused-ring (bicyclic) bond motifs is 1. The summed E-state index contributed by atoms with van der Waals surface area (Å²) in [6.07, 6.45) is -0.0580. The highest BCUT2D eigenvalue weighted by Crippen LogP contribution is 2.36. The number of hydrogen-bond donors (Lipinski definition) is 0. The molecule has 2 heteroatoms. The zero-order chi connectivity index (χ0) is 12.3. The van der Waals surface area contributed by atoms with Gasteiger partial charge in [0.1, 0.15) is 6.10 Å². The van der Waals surface area contributed by atoms with E-state index in [1.807, 2.05) is 39.0 Å². The fourth-order valence-corrected chi connectivity index (χ4v) is 1.94. The number of carbonyl (C=O) groups is 1. The summed E-state index contributed by atoms with van der Waals surface area (Å²) in [7, 11) is 0. The lowest BCUT2D eigenvalue weighted by Gasteiger charge is -2.14. The Balaban J connectivity index is 0.000000606. The molecule has 0 N–H and O–H groups in total. The fourth-order valence-electron chi connectivity index (χ4n) is 1.94. The van der Waals surface area contributed by atoms with Crippen LogP contribution in [0.1, 0.15) is 55.3 Å². The molecule has 1 atom stereocenters. The minimum Gasteiger partial charge on any atom is -0.454 e. The second kappa shape index (κ2) is 5.15. The van der Waals surface area contributed by atoms with Gasteiger partial charge in [-0.05, 0) is 18.4 Å². The molecule has 0 aromatic heterocycles. The van der Waals surface area contributed by atoms with Crippen LogP contribution in [0.25, 0.3) is 0 Å². The number of rotatable bonds is 1. The molecule has 1 aromatic rings. The number of cyclic esters (lactones) is 1. The van der Waals surface area contributed by atoms with Crippen LogP contribution >= 0.6 is 0 Å². The van der Waals surface area contributed by atoms with Gasteiger partial charge in [0.15, 0.2) is 0 Å². The molecule has 1 heterocycles. The molecule has 0 fully saturated rings. The van der Waals surface area contributed by atoms with Crippen molar-refractivity contribution >= 4 is 5.97 Å². The molecule has 0 bridgehead atoms. The van der Waals surface area contributed by atoms with E-state index >= 15 is 0 Å². The van der Waals surface area contributed by atoms with Crippen LogP contribution in [0.3, 0.4) is 0 Å². The third-order valence-electron chi connectivity index (χ3n) is 2.66. The van der Waals surface area contributed by atoms with Gasteiger partial charge in [-0.15, -0.1) is 0 Å². The quantitative estimate of drug-likeness (QED) is 0.671. The number of esters is 1. The first-order chi connectivity index (χ1) is 7.61. The molecule has 1 unspecified atom stereocenters. The van der Waals surface area contributed by atoms with Gasteiger partial charge >= 0.3 is 5.97 Å². The predicted molar refractivity (Wildman–Crippen MR) is 65.5 cm³/mol. The van der Waals surface area contributed by atoms with Gasteiger partial charge in [0.05, 0.1) is 5.56 Å². The molecular weight excluding hydrogens is 200 g/mol. The second-order valence-electron chi connectivity index (χ2n) is 4.11. The van der Waals surface area contributed by atoms with Crippen molar-refractivity contribution < 1.29 is 9.53 Å². The molecule has 0 radical (unpaired) electrons. The molecule has 2 rings (SSSR count). The van der Waals surface area contributed by atoms with Crippen molar-refractivity contribution in [3.8, 4) is 0 Å². The highest BCUT2D eigenvalue weighted by atomic mass is 16.5. The van der Waals surface area contributed by atoms with Gasteiger partial charge in [-0.1, -0.05) is 45.9 Å².